The first-order valence-corrected chi connectivity index (χ1v) is 7.85. The molecule has 1 aromatic carbocycles. The highest BCUT2D eigenvalue weighted by Gasteiger charge is 2.66. The molecule has 2 heteroatoms. The molecule has 3 aliphatic carbocycles. The van der Waals surface area contributed by atoms with E-state index in [1.165, 1.54) is 24.6 Å². The second kappa shape index (κ2) is 3.82. The molecule has 5 rings (SSSR count). The highest BCUT2D eigenvalue weighted by atomic mass is 16.3. The van der Waals surface area contributed by atoms with Crippen molar-refractivity contribution in [1.29, 1.82) is 0 Å². The Kier molecular flexibility index (Phi) is 2.15. The Morgan fingerprint density at radius 3 is 2.70 bits per heavy atom. The van der Waals surface area contributed by atoms with Crippen LogP contribution in [0.2, 0.25) is 0 Å². The fourth-order valence-corrected chi connectivity index (χ4v) is 5.43. The lowest BCUT2D eigenvalue weighted by atomic mass is 9.92. The van der Waals surface area contributed by atoms with Gasteiger partial charge in [-0.3, -0.25) is 4.98 Å². The summed E-state index contributed by atoms with van der Waals surface area (Å²) in [6.45, 7) is 0. The largest absolute Gasteiger partial charge is 0.388 e. The maximum Gasteiger partial charge on any atom is 0.0829 e. The van der Waals surface area contributed by atoms with Gasteiger partial charge >= 0.3 is 0 Å². The van der Waals surface area contributed by atoms with Crippen LogP contribution in [0.5, 0.6) is 0 Å². The molecule has 2 nitrogen and oxygen atoms in total. The second-order valence-electron chi connectivity index (χ2n) is 6.95. The number of hydrogen-bond donors (Lipinski definition) is 1. The zero-order valence-electron chi connectivity index (χ0n) is 11.4. The molecule has 1 heterocycles. The first-order valence-electron chi connectivity index (χ1n) is 7.85. The SMILES string of the molecule is OC(c1cccc2cnccc12)C1C2C3CCC(C3)C21. The van der Waals surface area contributed by atoms with Gasteiger partial charge in [-0.15, -0.1) is 0 Å². The number of aromatic nitrogens is 1. The molecule has 5 atom stereocenters. The molecule has 20 heavy (non-hydrogen) atoms. The van der Waals surface area contributed by atoms with Gasteiger partial charge in [0.15, 0.2) is 0 Å². The van der Waals surface area contributed by atoms with Crippen molar-refractivity contribution < 1.29 is 5.11 Å². The molecule has 0 aliphatic heterocycles. The van der Waals surface area contributed by atoms with Crippen molar-refractivity contribution >= 4 is 10.8 Å². The monoisotopic (exact) mass is 265 g/mol. The first kappa shape index (κ1) is 11.3. The van der Waals surface area contributed by atoms with Crippen molar-refractivity contribution in [3.05, 3.63) is 42.2 Å². The summed E-state index contributed by atoms with van der Waals surface area (Å²) >= 11 is 0. The van der Waals surface area contributed by atoms with Gasteiger partial charge in [-0.2, -0.15) is 0 Å². The van der Waals surface area contributed by atoms with Crippen LogP contribution in [0.3, 0.4) is 0 Å². The molecule has 1 aromatic heterocycles. The van der Waals surface area contributed by atoms with Gasteiger partial charge in [0.2, 0.25) is 0 Å². The average molecular weight is 265 g/mol. The Bertz CT molecular complexity index is 661. The van der Waals surface area contributed by atoms with Crippen molar-refractivity contribution in [2.24, 2.45) is 29.6 Å². The van der Waals surface area contributed by atoms with Crippen molar-refractivity contribution in [2.45, 2.75) is 25.4 Å². The van der Waals surface area contributed by atoms with Gasteiger partial charge in [0, 0.05) is 17.8 Å². The molecule has 102 valence electrons. The van der Waals surface area contributed by atoms with Gasteiger partial charge in [0.05, 0.1) is 6.10 Å². The minimum Gasteiger partial charge on any atom is -0.388 e. The minimum atomic E-state index is -0.278. The summed E-state index contributed by atoms with van der Waals surface area (Å²) in [6.07, 6.45) is 7.71. The Morgan fingerprint density at radius 2 is 1.90 bits per heavy atom. The van der Waals surface area contributed by atoms with E-state index in [0.29, 0.717) is 5.92 Å². The molecular formula is C18H19NO. The lowest BCUT2D eigenvalue weighted by Gasteiger charge is -2.17. The van der Waals surface area contributed by atoms with E-state index in [4.69, 9.17) is 0 Å². The lowest BCUT2D eigenvalue weighted by Crippen LogP contribution is -2.08. The Balaban J connectivity index is 1.53. The summed E-state index contributed by atoms with van der Waals surface area (Å²) in [6, 6.07) is 8.27. The average Bonchev–Trinajstić information content (AvgIpc) is 2.93. The van der Waals surface area contributed by atoms with Crippen LogP contribution >= 0.6 is 0 Å². The molecule has 0 saturated heterocycles. The fourth-order valence-electron chi connectivity index (χ4n) is 5.43. The number of pyridine rings is 1. The van der Waals surface area contributed by atoms with Crippen molar-refractivity contribution in [3.63, 3.8) is 0 Å². The summed E-state index contributed by atoms with van der Waals surface area (Å²) in [5.41, 5.74) is 1.11. The quantitative estimate of drug-likeness (QED) is 0.900. The van der Waals surface area contributed by atoms with Gasteiger partial charge in [0.25, 0.3) is 0 Å². The lowest BCUT2D eigenvalue weighted by molar-refractivity contribution is 0.131. The number of nitrogens with zero attached hydrogens (tertiary/aromatic N) is 1. The second-order valence-corrected chi connectivity index (χ2v) is 6.95. The number of fused-ring (bicyclic) bond motifs is 6. The van der Waals surface area contributed by atoms with Crippen LogP contribution in [0.25, 0.3) is 10.8 Å². The van der Waals surface area contributed by atoms with Crippen LogP contribution in [0.4, 0.5) is 0 Å². The molecular weight excluding hydrogens is 246 g/mol. The molecule has 2 aromatic rings. The molecule has 3 saturated carbocycles. The summed E-state index contributed by atoms with van der Waals surface area (Å²) in [5.74, 6) is 4.00. The van der Waals surface area contributed by atoms with Crippen LogP contribution in [0.15, 0.2) is 36.7 Å². The van der Waals surface area contributed by atoms with Gasteiger partial charge in [0.1, 0.15) is 0 Å². The van der Waals surface area contributed by atoms with Crippen molar-refractivity contribution in [2.75, 3.05) is 0 Å². The standard InChI is InChI=1S/C18H19NO/c20-18(17-15-10-4-5-11(8-10)16(15)17)14-3-1-2-12-9-19-7-6-13(12)14/h1-3,6-7,9-11,15-18,20H,4-5,8H2. The third-order valence-corrected chi connectivity index (χ3v) is 6.19. The number of aliphatic hydroxyl groups excluding tert-OH is 1. The summed E-state index contributed by atoms with van der Waals surface area (Å²) in [4.78, 5) is 4.18. The third-order valence-electron chi connectivity index (χ3n) is 6.19. The molecule has 0 spiro atoms. The van der Waals surface area contributed by atoms with Crippen LogP contribution in [0, 0.1) is 29.6 Å². The van der Waals surface area contributed by atoms with E-state index >= 15 is 0 Å². The summed E-state index contributed by atoms with van der Waals surface area (Å²) in [7, 11) is 0. The summed E-state index contributed by atoms with van der Waals surface area (Å²) < 4.78 is 0. The number of hydrogen-bond acceptors (Lipinski definition) is 2. The predicted octanol–water partition coefficient (Wildman–Crippen LogP) is 3.56. The van der Waals surface area contributed by atoms with E-state index in [1.54, 1.807) is 0 Å². The van der Waals surface area contributed by atoms with Crippen LogP contribution in [-0.4, -0.2) is 10.1 Å². The predicted molar refractivity (Wildman–Crippen MR) is 78.0 cm³/mol. The maximum absolute atomic E-state index is 10.9. The molecule has 3 fully saturated rings. The zero-order chi connectivity index (χ0) is 13.3. The topological polar surface area (TPSA) is 33.1 Å². The van der Waals surface area contributed by atoms with E-state index in [9.17, 15) is 5.11 Å². The van der Waals surface area contributed by atoms with E-state index < -0.39 is 0 Å². The zero-order valence-corrected chi connectivity index (χ0v) is 11.4. The normalized spacial score (nSPS) is 39.0. The van der Waals surface area contributed by atoms with E-state index in [2.05, 4.69) is 23.2 Å². The smallest absolute Gasteiger partial charge is 0.0829 e. The van der Waals surface area contributed by atoms with E-state index in [1.807, 2.05) is 18.5 Å². The summed E-state index contributed by atoms with van der Waals surface area (Å²) in [5, 5.41) is 13.2. The highest BCUT2D eigenvalue weighted by Crippen LogP contribution is 2.72. The van der Waals surface area contributed by atoms with Gasteiger partial charge < -0.3 is 5.11 Å². The number of benzene rings is 1. The fraction of sp³-hybridized carbons (Fsp3) is 0.500. The highest BCUT2D eigenvalue weighted by molar-refractivity contribution is 5.85. The van der Waals surface area contributed by atoms with Crippen molar-refractivity contribution in [3.8, 4) is 0 Å². The van der Waals surface area contributed by atoms with Crippen LogP contribution in [0.1, 0.15) is 30.9 Å². The molecule has 5 unspecified atom stereocenters. The van der Waals surface area contributed by atoms with Crippen LogP contribution in [-0.2, 0) is 0 Å². The molecule has 1 N–H and O–H groups in total. The van der Waals surface area contributed by atoms with E-state index in [0.717, 1.165) is 34.6 Å². The van der Waals surface area contributed by atoms with Gasteiger partial charge in [-0.05, 0) is 65.9 Å². The molecule has 0 amide bonds. The van der Waals surface area contributed by atoms with Crippen LogP contribution < -0.4 is 0 Å². The van der Waals surface area contributed by atoms with Gasteiger partial charge in [-0.25, -0.2) is 0 Å². The van der Waals surface area contributed by atoms with E-state index in [-0.39, 0.29) is 6.10 Å². The van der Waals surface area contributed by atoms with Gasteiger partial charge in [-0.1, -0.05) is 18.2 Å². The molecule has 0 radical (unpaired) electrons. The maximum atomic E-state index is 10.9. The Labute approximate surface area is 118 Å². The minimum absolute atomic E-state index is 0.278. The number of aliphatic hydroxyl groups is 1. The third kappa shape index (κ3) is 1.35. The number of rotatable bonds is 2. The van der Waals surface area contributed by atoms with Crippen molar-refractivity contribution in [1.82, 2.24) is 4.98 Å². The first-order chi connectivity index (χ1) is 9.84. The Hall–Kier alpha value is -1.41. The molecule has 2 bridgehead atoms. The Morgan fingerprint density at radius 1 is 1.10 bits per heavy atom. The molecule has 3 aliphatic rings.